The number of fused-ring (bicyclic) bond motifs is 1. The van der Waals surface area contributed by atoms with E-state index in [4.69, 9.17) is 0 Å². The summed E-state index contributed by atoms with van der Waals surface area (Å²) in [6, 6.07) is 7.82. The van der Waals surface area contributed by atoms with Crippen molar-refractivity contribution in [2.45, 2.75) is 0 Å². The van der Waals surface area contributed by atoms with Crippen molar-refractivity contribution in [2.24, 2.45) is 0 Å². The van der Waals surface area contributed by atoms with Gasteiger partial charge in [-0.2, -0.15) is 5.10 Å². The molecular weight excluding hydrogens is 264 g/mol. The summed E-state index contributed by atoms with van der Waals surface area (Å²) >= 11 is 0. The van der Waals surface area contributed by atoms with Crippen LogP contribution in [0.2, 0.25) is 0 Å². The summed E-state index contributed by atoms with van der Waals surface area (Å²) in [5.41, 5.74) is 0.963. The van der Waals surface area contributed by atoms with Crippen molar-refractivity contribution < 1.29 is 13.6 Å². The SMILES string of the molecule is O=C(Nc1ccc2[nH]ncc2c1)c1cc(F)ccc1F. The number of benzene rings is 2. The standard InChI is InChI=1S/C14H9F2N3O/c15-9-1-3-12(16)11(6-9)14(20)18-10-2-4-13-8(5-10)7-17-19-13/h1-7H,(H,17,19)(H,18,20). The first-order valence-electron chi connectivity index (χ1n) is 5.83. The van der Waals surface area contributed by atoms with Gasteiger partial charge in [-0.3, -0.25) is 9.89 Å². The second-order valence-electron chi connectivity index (χ2n) is 4.25. The van der Waals surface area contributed by atoms with Gasteiger partial charge >= 0.3 is 0 Å². The smallest absolute Gasteiger partial charge is 0.258 e. The zero-order valence-corrected chi connectivity index (χ0v) is 10.2. The lowest BCUT2D eigenvalue weighted by Gasteiger charge is -2.06. The molecule has 100 valence electrons. The molecule has 0 radical (unpaired) electrons. The molecular formula is C14H9F2N3O. The maximum absolute atomic E-state index is 13.5. The van der Waals surface area contributed by atoms with E-state index in [-0.39, 0.29) is 5.56 Å². The van der Waals surface area contributed by atoms with Crippen LogP contribution in [0.15, 0.2) is 42.6 Å². The fourth-order valence-corrected chi connectivity index (χ4v) is 1.89. The lowest BCUT2D eigenvalue weighted by atomic mass is 10.1. The van der Waals surface area contributed by atoms with E-state index in [0.29, 0.717) is 5.69 Å². The number of hydrogen-bond donors (Lipinski definition) is 2. The van der Waals surface area contributed by atoms with Gasteiger partial charge in [0.05, 0.1) is 17.3 Å². The van der Waals surface area contributed by atoms with E-state index in [1.165, 1.54) is 0 Å². The number of aromatic amines is 1. The Labute approximate surface area is 112 Å². The first-order valence-corrected chi connectivity index (χ1v) is 5.83. The van der Waals surface area contributed by atoms with Crippen molar-refractivity contribution in [1.82, 2.24) is 10.2 Å². The van der Waals surface area contributed by atoms with Crippen molar-refractivity contribution in [3.8, 4) is 0 Å². The molecule has 3 rings (SSSR count). The second-order valence-corrected chi connectivity index (χ2v) is 4.25. The Morgan fingerprint density at radius 2 is 2.00 bits per heavy atom. The molecule has 0 saturated heterocycles. The molecule has 1 aromatic heterocycles. The maximum Gasteiger partial charge on any atom is 0.258 e. The van der Waals surface area contributed by atoms with Crippen LogP contribution in [0, 0.1) is 11.6 Å². The van der Waals surface area contributed by atoms with Gasteiger partial charge in [-0.1, -0.05) is 0 Å². The van der Waals surface area contributed by atoms with Crippen molar-refractivity contribution in [2.75, 3.05) is 5.32 Å². The topological polar surface area (TPSA) is 57.8 Å². The Bertz CT molecular complexity index is 798. The fraction of sp³-hybridized carbons (Fsp3) is 0. The van der Waals surface area contributed by atoms with Gasteiger partial charge in [0.2, 0.25) is 0 Å². The van der Waals surface area contributed by atoms with Crippen LogP contribution >= 0.6 is 0 Å². The highest BCUT2D eigenvalue weighted by Crippen LogP contribution is 2.18. The lowest BCUT2D eigenvalue weighted by Crippen LogP contribution is -2.14. The molecule has 2 N–H and O–H groups in total. The number of carbonyl (C=O) groups excluding carboxylic acids is 1. The molecule has 0 bridgehead atoms. The number of anilines is 1. The van der Waals surface area contributed by atoms with E-state index < -0.39 is 17.5 Å². The van der Waals surface area contributed by atoms with Crippen LogP contribution < -0.4 is 5.32 Å². The van der Waals surface area contributed by atoms with Gasteiger partial charge in [0.1, 0.15) is 11.6 Å². The van der Waals surface area contributed by atoms with Gasteiger partial charge in [0.15, 0.2) is 0 Å². The Kier molecular flexibility index (Phi) is 2.90. The summed E-state index contributed by atoms with van der Waals surface area (Å²) in [7, 11) is 0. The van der Waals surface area contributed by atoms with Crippen LogP contribution in [0.5, 0.6) is 0 Å². The van der Waals surface area contributed by atoms with Crippen molar-refractivity contribution >= 4 is 22.5 Å². The summed E-state index contributed by atoms with van der Waals surface area (Å²) in [4.78, 5) is 11.9. The number of nitrogens with zero attached hydrogens (tertiary/aromatic N) is 1. The molecule has 1 amide bonds. The molecule has 2 aromatic carbocycles. The molecule has 0 aliphatic carbocycles. The van der Waals surface area contributed by atoms with Crippen molar-refractivity contribution in [1.29, 1.82) is 0 Å². The Hall–Kier alpha value is -2.76. The molecule has 0 fully saturated rings. The van der Waals surface area contributed by atoms with Crippen LogP contribution in [0.3, 0.4) is 0 Å². The largest absolute Gasteiger partial charge is 0.322 e. The molecule has 0 aliphatic rings. The minimum absolute atomic E-state index is 0.336. The van der Waals surface area contributed by atoms with Gasteiger partial charge in [-0.05, 0) is 36.4 Å². The van der Waals surface area contributed by atoms with E-state index in [1.807, 2.05) is 0 Å². The predicted octanol–water partition coefficient (Wildman–Crippen LogP) is 3.09. The Morgan fingerprint density at radius 3 is 2.85 bits per heavy atom. The van der Waals surface area contributed by atoms with Crippen LogP contribution in [0.1, 0.15) is 10.4 Å². The van der Waals surface area contributed by atoms with Crippen LogP contribution in [0.25, 0.3) is 10.9 Å². The third-order valence-corrected chi connectivity index (χ3v) is 2.87. The summed E-state index contributed by atoms with van der Waals surface area (Å²) in [6.07, 6.45) is 1.60. The molecule has 0 aliphatic heterocycles. The van der Waals surface area contributed by atoms with E-state index in [2.05, 4.69) is 15.5 Å². The van der Waals surface area contributed by atoms with Crippen molar-refractivity contribution in [3.63, 3.8) is 0 Å². The molecule has 0 unspecified atom stereocenters. The average Bonchev–Trinajstić information content (AvgIpc) is 2.89. The Morgan fingerprint density at radius 1 is 1.15 bits per heavy atom. The number of hydrogen-bond acceptors (Lipinski definition) is 2. The third-order valence-electron chi connectivity index (χ3n) is 2.87. The van der Waals surface area contributed by atoms with Gasteiger partial charge in [-0.25, -0.2) is 8.78 Å². The predicted molar refractivity (Wildman–Crippen MR) is 70.4 cm³/mol. The van der Waals surface area contributed by atoms with Gasteiger partial charge in [0.25, 0.3) is 5.91 Å². The molecule has 6 heteroatoms. The molecule has 0 saturated carbocycles. The number of amides is 1. The molecule has 20 heavy (non-hydrogen) atoms. The van der Waals surface area contributed by atoms with E-state index in [1.54, 1.807) is 24.4 Å². The van der Waals surface area contributed by atoms with E-state index >= 15 is 0 Å². The zero-order valence-electron chi connectivity index (χ0n) is 10.2. The van der Waals surface area contributed by atoms with E-state index in [9.17, 15) is 13.6 Å². The summed E-state index contributed by atoms with van der Waals surface area (Å²) in [5.74, 6) is -2.14. The lowest BCUT2D eigenvalue weighted by molar-refractivity contribution is 0.102. The number of H-pyrrole nitrogens is 1. The van der Waals surface area contributed by atoms with Crippen LogP contribution in [0.4, 0.5) is 14.5 Å². The monoisotopic (exact) mass is 273 g/mol. The quantitative estimate of drug-likeness (QED) is 0.753. The minimum Gasteiger partial charge on any atom is -0.322 e. The summed E-state index contributed by atoms with van der Waals surface area (Å²) < 4.78 is 26.5. The zero-order chi connectivity index (χ0) is 14.1. The highest BCUT2D eigenvalue weighted by atomic mass is 19.1. The minimum atomic E-state index is -0.770. The average molecular weight is 273 g/mol. The molecule has 1 heterocycles. The summed E-state index contributed by atoms with van der Waals surface area (Å²) in [5, 5.41) is 9.96. The number of nitrogens with one attached hydrogen (secondary N) is 2. The molecule has 0 atom stereocenters. The Balaban J connectivity index is 1.89. The highest BCUT2D eigenvalue weighted by molar-refractivity contribution is 6.05. The van der Waals surface area contributed by atoms with Gasteiger partial charge in [0, 0.05) is 11.1 Å². The number of rotatable bonds is 2. The van der Waals surface area contributed by atoms with Gasteiger partial charge < -0.3 is 5.32 Å². The van der Waals surface area contributed by atoms with Crippen LogP contribution in [-0.2, 0) is 0 Å². The fourth-order valence-electron chi connectivity index (χ4n) is 1.89. The summed E-state index contributed by atoms with van der Waals surface area (Å²) in [6.45, 7) is 0. The number of carbonyl (C=O) groups is 1. The van der Waals surface area contributed by atoms with Crippen molar-refractivity contribution in [3.05, 3.63) is 59.8 Å². The number of halogens is 2. The first-order chi connectivity index (χ1) is 9.63. The molecule has 3 aromatic rings. The van der Waals surface area contributed by atoms with E-state index in [0.717, 1.165) is 29.1 Å². The normalized spacial score (nSPS) is 10.7. The molecule has 0 spiro atoms. The maximum atomic E-state index is 13.5. The van der Waals surface area contributed by atoms with Gasteiger partial charge in [-0.15, -0.1) is 0 Å². The molecule has 4 nitrogen and oxygen atoms in total. The third kappa shape index (κ3) is 2.23. The first kappa shape index (κ1) is 12.3. The highest BCUT2D eigenvalue weighted by Gasteiger charge is 2.13. The second kappa shape index (κ2) is 4.73. The number of aromatic nitrogens is 2. The van der Waals surface area contributed by atoms with Crippen LogP contribution in [-0.4, -0.2) is 16.1 Å².